The van der Waals surface area contributed by atoms with Crippen LogP contribution in [0.5, 0.6) is 0 Å². The van der Waals surface area contributed by atoms with Gasteiger partial charge in [0.25, 0.3) is 0 Å². The fraction of sp³-hybridized carbons (Fsp3) is 0.545. The Hall–Kier alpha value is -1.37. The first-order valence-corrected chi connectivity index (χ1v) is 6.56. The highest BCUT2D eigenvalue weighted by molar-refractivity contribution is 9.10. The van der Waals surface area contributed by atoms with Gasteiger partial charge in [-0.2, -0.15) is 0 Å². The summed E-state index contributed by atoms with van der Waals surface area (Å²) in [6.07, 6.45) is 1.77. The number of hydrogen-bond acceptors (Lipinski definition) is 5. The van der Waals surface area contributed by atoms with Gasteiger partial charge in [0.2, 0.25) is 5.91 Å². The van der Waals surface area contributed by atoms with E-state index in [1.54, 1.807) is 0 Å². The van der Waals surface area contributed by atoms with Crippen molar-refractivity contribution in [2.24, 2.45) is 5.92 Å². The van der Waals surface area contributed by atoms with Crippen LogP contribution >= 0.6 is 15.9 Å². The third-order valence-electron chi connectivity index (χ3n) is 2.17. The number of carbonyl (C=O) groups excluding carboxylic acids is 1. The van der Waals surface area contributed by atoms with E-state index in [4.69, 9.17) is 5.73 Å². The molecule has 6 nitrogen and oxygen atoms in total. The molecule has 100 valence electrons. The van der Waals surface area contributed by atoms with Gasteiger partial charge in [0, 0.05) is 19.5 Å². The topological polar surface area (TPSA) is 92.9 Å². The summed E-state index contributed by atoms with van der Waals surface area (Å²) >= 11 is 3.28. The number of nitrogens with zero attached hydrogens (tertiary/aromatic N) is 2. The summed E-state index contributed by atoms with van der Waals surface area (Å²) in [4.78, 5) is 19.3. The van der Waals surface area contributed by atoms with Gasteiger partial charge >= 0.3 is 0 Å². The summed E-state index contributed by atoms with van der Waals surface area (Å²) in [6, 6.07) is 0. The number of aromatic nitrogens is 2. The molecular weight excluding hydrogens is 298 g/mol. The summed E-state index contributed by atoms with van der Waals surface area (Å²) < 4.78 is 0.618. The van der Waals surface area contributed by atoms with Crippen LogP contribution in [0, 0.1) is 5.92 Å². The smallest absolute Gasteiger partial charge is 0.221 e. The first kappa shape index (κ1) is 14.7. The van der Waals surface area contributed by atoms with Crippen molar-refractivity contribution in [2.75, 3.05) is 24.1 Å². The van der Waals surface area contributed by atoms with E-state index in [2.05, 4.69) is 50.4 Å². The van der Waals surface area contributed by atoms with Crippen molar-refractivity contribution in [1.29, 1.82) is 0 Å². The molecule has 0 atom stereocenters. The molecule has 0 bridgehead atoms. The Morgan fingerprint density at radius 2 is 2.22 bits per heavy atom. The molecule has 0 aliphatic rings. The second kappa shape index (κ2) is 7.15. The molecule has 4 N–H and O–H groups in total. The molecule has 0 unspecified atom stereocenters. The number of hydrogen-bond donors (Lipinski definition) is 3. The van der Waals surface area contributed by atoms with E-state index in [0.29, 0.717) is 41.5 Å². The molecule has 0 aromatic carbocycles. The second-order valence-corrected chi connectivity index (χ2v) is 5.09. The predicted octanol–water partition coefficient (Wildman–Crippen LogP) is 1.40. The van der Waals surface area contributed by atoms with Crippen LogP contribution in [0.25, 0.3) is 0 Å². The summed E-state index contributed by atoms with van der Waals surface area (Å²) in [7, 11) is 0. The molecule has 7 heteroatoms. The van der Waals surface area contributed by atoms with Crippen LogP contribution in [-0.2, 0) is 4.79 Å². The van der Waals surface area contributed by atoms with E-state index in [1.165, 1.54) is 6.33 Å². The van der Waals surface area contributed by atoms with E-state index >= 15 is 0 Å². The highest BCUT2D eigenvalue weighted by Gasteiger charge is 2.06. The number of halogens is 1. The number of nitrogens with one attached hydrogen (secondary N) is 2. The third kappa shape index (κ3) is 4.87. The normalized spacial score (nSPS) is 10.4. The van der Waals surface area contributed by atoms with Crippen molar-refractivity contribution in [3.63, 3.8) is 0 Å². The lowest BCUT2D eigenvalue weighted by molar-refractivity contribution is -0.120. The van der Waals surface area contributed by atoms with Gasteiger partial charge in [-0.3, -0.25) is 4.79 Å². The molecule has 0 fully saturated rings. The monoisotopic (exact) mass is 315 g/mol. The van der Waals surface area contributed by atoms with Gasteiger partial charge in [-0.05, 0) is 21.8 Å². The highest BCUT2D eigenvalue weighted by atomic mass is 79.9. The summed E-state index contributed by atoms with van der Waals surface area (Å²) in [5.41, 5.74) is 5.62. The van der Waals surface area contributed by atoms with Gasteiger partial charge in [-0.1, -0.05) is 13.8 Å². The van der Waals surface area contributed by atoms with E-state index in [-0.39, 0.29) is 5.91 Å². The zero-order chi connectivity index (χ0) is 13.5. The SMILES string of the molecule is CC(C)CNC(=O)CCNc1ncnc(N)c1Br. The van der Waals surface area contributed by atoms with E-state index in [9.17, 15) is 4.79 Å². The van der Waals surface area contributed by atoms with Crippen LogP contribution in [0.2, 0.25) is 0 Å². The molecule has 18 heavy (non-hydrogen) atoms. The lowest BCUT2D eigenvalue weighted by atomic mass is 10.2. The van der Waals surface area contributed by atoms with Crippen molar-refractivity contribution in [2.45, 2.75) is 20.3 Å². The standard InChI is InChI=1S/C11H18BrN5O/c1-7(2)5-15-8(18)3-4-14-11-9(12)10(13)16-6-17-11/h6-7H,3-5H2,1-2H3,(H,15,18)(H3,13,14,16,17). The molecule has 1 aromatic heterocycles. The Labute approximate surface area is 115 Å². The van der Waals surface area contributed by atoms with Crippen molar-refractivity contribution >= 4 is 33.5 Å². The maximum atomic E-state index is 11.5. The van der Waals surface area contributed by atoms with E-state index in [0.717, 1.165) is 0 Å². The second-order valence-electron chi connectivity index (χ2n) is 4.30. The molecule has 0 spiro atoms. The Bertz CT molecular complexity index is 410. The van der Waals surface area contributed by atoms with Crippen molar-refractivity contribution in [1.82, 2.24) is 15.3 Å². The number of carbonyl (C=O) groups is 1. The number of nitrogen functional groups attached to an aromatic ring is 1. The van der Waals surface area contributed by atoms with Crippen molar-refractivity contribution < 1.29 is 4.79 Å². The largest absolute Gasteiger partial charge is 0.383 e. The minimum absolute atomic E-state index is 0.0225. The summed E-state index contributed by atoms with van der Waals surface area (Å²) in [6.45, 7) is 5.31. The van der Waals surface area contributed by atoms with Crippen LogP contribution in [0.3, 0.4) is 0 Å². The van der Waals surface area contributed by atoms with Gasteiger partial charge < -0.3 is 16.4 Å². The Morgan fingerprint density at radius 1 is 1.50 bits per heavy atom. The zero-order valence-electron chi connectivity index (χ0n) is 10.5. The molecule has 0 saturated heterocycles. The first-order valence-electron chi connectivity index (χ1n) is 5.77. The minimum atomic E-state index is 0.0225. The minimum Gasteiger partial charge on any atom is -0.383 e. The molecular formula is C11H18BrN5O. The number of nitrogens with two attached hydrogens (primary N) is 1. The first-order chi connectivity index (χ1) is 8.50. The van der Waals surface area contributed by atoms with Gasteiger partial charge in [0.05, 0.1) is 0 Å². The predicted molar refractivity (Wildman–Crippen MR) is 75.1 cm³/mol. The molecule has 1 amide bonds. The molecule has 1 rings (SSSR count). The number of rotatable bonds is 6. The number of anilines is 2. The van der Waals surface area contributed by atoms with E-state index < -0.39 is 0 Å². The summed E-state index contributed by atoms with van der Waals surface area (Å²) in [5, 5.41) is 5.88. The van der Waals surface area contributed by atoms with E-state index in [1.807, 2.05) is 0 Å². The average molecular weight is 316 g/mol. The van der Waals surface area contributed by atoms with Gasteiger partial charge in [0.1, 0.15) is 22.4 Å². The van der Waals surface area contributed by atoms with Gasteiger partial charge in [0.15, 0.2) is 0 Å². The Balaban J connectivity index is 2.33. The van der Waals surface area contributed by atoms with Crippen LogP contribution in [-0.4, -0.2) is 29.0 Å². The maximum absolute atomic E-state index is 11.5. The van der Waals surface area contributed by atoms with Gasteiger partial charge in [-0.15, -0.1) is 0 Å². The fourth-order valence-electron chi connectivity index (χ4n) is 1.21. The van der Waals surface area contributed by atoms with Crippen LogP contribution in [0.4, 0.5) is 11.6 Å². The molecule has 1 heterocycles. The van der Waals surface area contributed by atoms with Crippen molar-refractivity contribution in [3.8, 4) is 0 Å². The lowest BCUT2D eigenvalue weighted by Gasteiger charge is -2.09. The maximum Gasteiger partial charge on any atom is 0.221 e. The summed E-state index contributed by atoms with van der Waals surface area (Å²) in [5.74, 6) is 1.45. The number of amides is 1. The Morgan fingerprint density at radius 3 is 2.89 bits per heavy atom. The lowest BCUT2D eigenvalue weighted by Crippen LogP contribution is -2.28. The average Bonchev–Trinajstić information content (AvgIpc) is 2.32. The van der Waals surface area contributed by atoms with Gasteiger partial charge in [-0.25, -0.2) is 9.97 Å². The van der Waals surface area contributed by atoms with Crippen LogP contribution in [0.15, 0.2) is 10.8 Å². The molecule has 0 aliphatic carbocycles. The third-order valence-corrected chi connectivity index (χ3v) is 2.95. The van der Waals surface area contributed by atoms with Crippen molar-refractivity contribution in [3.05, 3.63) is 10.8 Å². The molecule has 0 saturated carbocycles. The molecule has 0 radical (unpaired) electrons. The Kier molecular flexibility index (Phi) is 5.84. The molecule has 1 aromatic rings. The van der Waals surface area contributed by atoms with Crippen LogP contribution < -0.4 is 16.4 Å². The fourth-order valence-corrected chi connectivity index (χ4v) is 1.55. The molecule has 0 aliphatic heterocycles. The van der Waals surface area contributed by atoms with Crippen LogP contribution in [0.1, 0.15) is 20.3 Å². The quantitative estimate of drug-likeness (QED) is 0.737. The zero-order valence-corrected chi connectivity index (χ0v) is 12.1. The highest BCUT2D eigenvalue weighted by Crippen LogP contribution is 2.23.